The van der Waals surface area contributed by atoms with Gasteiger partial charge in [0.15, 0.2) is 23.9 Å². The van der Waals surface area contributed by atoms with E-state index in [1.807, 2.05) is 0 Å². The summed E-state index contributed by atoms with van der Waals surface area (Å²) in [6.07, 6.45) is -15.0. The lowest BCUT2D eigenvalue weighted by Gasteiger charge is -2.45. The smallest absolute Gasteiger partial charge is 0.351 e. The number of aliphatic carboxylic acids is 3. The minimum absolute atomic E-state index is 0.110. The predicted octanol–water partition coefficient (Wildman–Crippen LogP) is -7.07. The molecule has 20 heteroatoms. The number of carbonyl (C=O) groups is 3. The van der Waals surface area contributed by atoms with Crippen LogP contribution >= 0.6 is 0 Å². The van der Waals surface area contributed by atoms with Gasteiger partial charge in [0.05, 0.1) is 13.2 Å². The van der Waals surface area contributed by atoms with Crippen molar-refractivity contribution in [1.29, 1.82) is 0 Å². The molecule has 4 aliphatic rings. The first kappa shape index (κ1) is 37.3. The number of rotatable bonds is 11. The van der Waals surface area contributed by atoms with Crippen molar-refractivity contribution in [3.05, 3.63) is 41.1 Å². The number of allylic oxidation sites excluding steroid dienone is 1. The first-order valence-electron chi connectivity index (χ1n) is 15.5. The van der Waals surface area contributed by atoms with Crippen LogP contribution in [0.3, 0.4) is 0 Å². The minimum atomic E-state index is -1.93. The molecule has 4 aliphatic heterocycles. The zero-order chi connectivity index (χ0) is 36.6. The average Bonchev–Trinajstić information content (AvgIpc) is 3.43. The molecule has 0 saturated carbocycles. The minimum Gasteiger partial charge on any atom is -0.544 e. The summed E-state index contributed by atoms with van der Waals surface area (Å²) in [5, 5.41) is 116. The molecule has 0 bridgehead atoms. The van der Waals surface area contributed by atoms with E-state index in [2.05, 4.69) is 5.32 Å². The van der Waals surface area contributed by atoms with Gasteiger partial charge in [-0.1, -0.05) is 0 Å². The molecule has 13 atom stereocenters. The van der Waals surface area contributed by atoms with Crippen LogP contribution in [0.5, 0.6) is 11.5 Å². The summed E-state index contributed by atoms with van der Waals surface area (Å²) in [4.78, 5) is 35.6. The summed E-state index contributed by atoms with van der Waals surface area (Å²) < 4.78 is 22.5. The lowest BCUT2D eigenvalue weighted by molar-refractivity contribution is -0.840. The molecule has 12 N–H and O–H groups in total. The molecule has 2 saturated heterocycles. The van der Waals surface area contributed by atoms with Gasteiger partial charge in [0.1, 0.15) is 78.7 Å². The van der Waals surface area contributed by atoms with Gasteiger partial charge in [-0.15, -0.1) is 0 Å². The van der Waals surface area contributed by atoms with Crippen molar-refractivity contribution in [3.8, 4) is 11.5 Å². The molecule has 0 spiro atoms. The van der Waals surface area contributed by atoms with E-state index >= 15 is 0 Å². The molecule has 1 aromatic carbocycles. The number of phenolic OH excluding ortho intramolecular Hbond substituents is 1. The second kappa shape index (κ2) is 15.1. The van der Waals surface area contributed by atoms with Gasteiger partial charge in [0.2, 0.25) is 6.29 Å². The quantitative estimate of drug-likeness (QED) is 0.0947. The number of hydrogen-bond donors (Lipinski definition) is 12. The van der Waals surface area contributed by atoms with E-state index in [9.17, 15) is 70.6 Å². The van der Waals surface area contributed by atoms with Gasteiger partial charge in [0.25, 0.3) is 0 Å². The first-order chi connectivity index (χ1) is 23.6. The van der Waals surface area contributed by atoms with Crippen LogP contribution < -0.4 is 20.1 Å². The second-order valence-corrected chi connectivity index (χ2v) is 12.3. The number of benzene rings is 1. The van der Waals surface area contributed by atoms with Crippen molar-refractivity contribution in [3.63, 3.8) is 0 Å². The van der Waals surface area contributed by atoms with Crippen molar-refractivity contribution >= 4 is 23.6 Å². The Hall–Kier alpha value is -3.93. The number of nitrogens with one attached hydrogen (secondary N) is 2. The summed E-state index contributed by atoms with van der Waals surface area (Å²) in [5.41, 5.74) is 0.560. The molecule has 50 heavy (non-hydrogen) atoms. The van der Waals surface area contributed by atoms with Crippen LogP contribution in [-0.4, -0.2) is 162 Å². The maximum absolute atomic E-state index is 12.2. The Bertz CT molecular complexity index is 1520. The highest BCUT2D eigenvalue weighted by Gasteiger charge is 2.51. The Balaban J connectivity index is 1.44. The molecule has 5 rings (SSSR count). The van der Waals surface area contributed by atoms with Gasteiger partial charge >= 0.3 is 11.9 Å². The summed E-state index contributed by atoms with van der Waals surface area (Å²) in [6, 6.07) is -0.000792. The van der Waals surface area contributed by atoms with E-state index in [0.717, 1.165) is 0 Å². The molecular weight excluding hydrogens is 676 g/mol. The van der Waals surface area contributed by atoms with Crippen molar-refractivity contribution < 1.29 is 94.4 Å². The SMILES string of the molecule is O=C(O)C1=CC(=CC[NH+]2c3cc(O[C@H]4O[C@H](CO)[C@@H](O)[C@H](O)[C@H]4O[C@H]4O[C@H](CO)[C@@H](O)[C@H](O)[C@H]4O)c(O)cc3C[C@H]2C(=O)[O-])C[C@@H](C(=O)O)N1. The number of carboxylic acids is 3. The van der Waals surface area contributed by atoms with Crippen LogP contribution in [-0.2, 0) is 35.0 Å². The number of phenols is 1. The summed E-state index contributed by atoms with van der Waals surface area (Å²) in [6.45, 7) is -1.73. The van der Waals surface area contributed by atoms with Crippen LogP contribution in [0, 0.1) is 0 Å². The number of hydrogen-bond acceptors (Lipinski definition) is 17. The van der Waals surface area contributed by atoms with Crippen LogP contribution in [0.15, 0.2) is 35.6 Å². The van der Waals surface area contributed by atoms with Crippen molar-refractivity contribution in [1.82, 2.24) is 5.32 Å². The zero-order valence-corrected chi connectivity index (χ0v) is 26.0. The number of fused-ring (bicyclic) bond motifs is 1. The third kappa shape index (κ3) is 7.41. The lowest BCUT2D eigenvalue weighted by atomic mass is 9.97. The molecule has 2 fully saturated rings. The summed E-state index contributed by atoms with van der Waals surface area (Å²) in [7, 11) is 0. The van der Waals surface area contributed by atoms with Crippen molar-refractivity contribution in [2.45, 2.75) is 86.3 Å². The lowest BCUT2D eigenvalue weighted by Crippen LogP contribution is -3.11. The predicted molar refractivity (Wildman–Crippen MR) is 156 cm³/mol. The van der Waals surface area contributed by atoms with Crippen LogP contribution in [0.1, 0.15) is 12.0 Å². The maximum atomic E-state index is 12.2. The number of carboxylic acid groups (broad SMARTS) is 3. The molecule has 1 aromatic rings. The number of aliphatic hydroxyl groups is 7. The Labute approximate surface area is 282 Å². The van der Waals surface area contributed by atoms with E-state index in [-0.39, 0.29) is 41.4 Å². The number of aliphatic hydroxyl groups excluding tert-OH is 7. The van der Waals surface area contributed by atoms with Gasteiger partial charge < -0.3 is 85.2 Å². The second-order valence-electron chi connectivity index (χ2n) is 12.3. The van der Waals surface area contributed by atoms with Gasteiger partial charge in [-0.25, -0.2) is 9.59 Å². The van der Waals surface area contributed by atoms with Crippen LogP contribution in [0.25, 0.3) is 0 Å². The Morgan fingerprint density at radius 3 is 2.16 bits per heavy atom. The highest BCUT2D eigenvalue weighted by Crippen LogP contribution is 2.37. The van der Waals surface area contributed by atoms with E-state index in [0.29, 0.717) is 11.1 Å². The fourth-order valence-corrected chi connectivity index (χ4v) is 6.35. The Morgan fingerprint density at radius 2 is 1.56 bits per heavy atom. The monoisotopic (exact) mass is 714 g/mol. The molecule has 0 aliphatic carbocycles. The van der Waals surface area contributed by atoms with Crippen LogP contribution in [0.2, 0.25) is 0 Å². The maximum Gasteiger partial charge on any atom is 0.351 e. The highest BCUT2D eigenvalue weighted by atomic mass is 16.8. The molecule has 0 amide bonds. The zero-order valence-electron chi connectivity index (χ0n) is 26.0. The molecule has 0 aromatic heterocycles. The number of carbonyl (C=O) groups excluding carboxylic acids is 1. The average molecular weight is 715 g/mol. The highest BCUT2D eigenvalue weighted by molar-refractivity contribution is 5.89. The van der Waals surface area contributed by atoms with Crippen molar-refractivity contribution in [2.75, 3.05) is 19.8 Å². The standard InChI is InChI=1S/C30H38N2O18/c33-8-18-20(36)22(38)24(40)29(48-18)50-25-23(39)21(37)19(9-34)49-30(25)47-17-7-14-11(6-16(17)35)5-15(28(45)46)32(14)2-1-10-3-12(26(41)42)31-13(4-10)27(43)44/h1,3,6-7,13,15,18-25,29-31,33-40H,2,4-5,8-9H2,(H,41,42)(H,43,44)(H,45,46)/t13-,15-,18+,19+,20+,21+,22-,23-,24+,25+,29+,30-/m0/s1. The number of aromatic hydroxyl groups is 1. The Kier molecular flexibility index (Phi) is 11.3. The van der Waals surface area contributed by atoms with E-state index in [4.69, 9.17) is 18.9 Å². The van der Waals surface area contributed by atoms with Gasteiger partial charge in [0, 0.05) is 24.5 Å². The third-order valence-electron chi connectivity index (χ3n) is 9.08. The third-order valence-corrected chi connectivity index (χ3v) is 9.08. The normalized spacial score (nSPS) is 37.8. The Morgan fingerprint density at radius 1 is 0.920 bits per heavy atom. The first-order valence-corrected chi connectivity index (χ1v) is 15.5. The van der Waals surface area contributed by atoms with Crippen molar-refractivity contribution in [2.24, 2.45) is 0 Å². The fraction of sp³-hybridized carbons (Fsp3) is 0.567. The summed E-state index contributed by atoms with van der Waals surface area (Å²) >= 11 is 0. The topological polar surface area (TPSA) is 330 Å². The van der Waals surface area contributed by atoms with E-state index in [1.54, 1.807) is 0 Å². The number of quaternary nitrogens is 1. The molecule has 20 nitrogen and oxygen atoms in total. The van der Waals surface area contributed by atoms with Gasteiger partial charge in [-0.2, -0.15) is 0 Å². The molecule has 4 heterocycles. The fourth-order valence-electron chi connectivity index (χ4n) is 6.35. The molecular formula is C30H38N2O18. The molecule has 276 valence electrons. The summed E-state index contributed by atoms with van der Waals surface area (Å²) in [5.74, 6) is -5.05. The van der Waals surface area contributed by atoms with Gasteiger partial charge in [-0.3, -0.25) is 4.90 Å². The van der Waals surface area contributed by atoms with E-state index in [1.165, 1.54) is 24.3 Å². The van der Waals surface area contributed by atoms with E-state index < -0.39 is 110 Å². The molecule has 1 unspecified atom stereocenters. The van der Waals surface area contributed by atoms with Crippen LogP contribution in [0.4, 0.5) is 5.69 Å². The largest absolute Gasteiger partial charge is 0.544 e. The molecule has 0 radical (unpaired) electrons. The van der Waals surface area contributed by atoms with Gasteiger partial charge in [-0.05, 0) is 23.8 Å². The number of ether oxygens (including phenoxy) is 4.